The third kappa shape index (κ3) is 3.29. The van der Waals surface area contributed by atoms with Crippen molar-refractivity contribution >= 4 is 5.91 Å². The SMILES string of the molecule is Cc1cc(C2CN(C(=O)c3cccc(C#N)c3)CCO2)ccc1F. The van der Waals surface area contributed by atoms with Gasteiger partial charge in [0.2, 0.25) is 0 Å². The normalized spacial score (nSPS) is 17.4. The molecule has 0 aromatic heterocycles. The first kappa shape index (κ1) is 16.2. The van der Waals surface area contributed by atoms with Crippen LogP contribution in [-0.4, -0.2) is 30.5 Å². The molecule has 1 aliphatic heterocycles. The zero-order valence-electron chi connectivity index (χ0n) is 13.3. The lowest BCUT2D eigenvalue weighted by atomic mass is 10.0. The monoisotopic (exact) mass is 324 g/mol. The molecule has 1 amide bonds. The van der Waals surface area contributed by atoms with E-state index in [2.05, 4.69) is 0 Å². The lowest BCUT2D eigenvalue weighted by Crippen LogP contribution is -2.42. The maximum atomic E-state index is 13.4. The van der Waals surface area contributed by atoms with Crippen LogP contribution in [0.1, 0.15) is 33.2 Å². The molecule has 3 rings (SSSR count). The molecular formula is C19H17FN2O2. The van der Waals surface area contributed by atoms with Crippen molar-refractivity contribution in [3.63, 3.8) is 0 Å². The summed E-state index contributed by atoms with van der Waals surface area (Å²) in [6.07, 6.45) is -0.277. The topological polar surface area (TPSA) is 53.3 Å². The number of amides is 1. The van der Waals surface area contributed by atoms with Gasteiger partial charge in [-0.05, 0) is 42.3 Å². The zero-order valence-corrected chi connectivity index (χ0v) is 13.3. The molecule has 5 heteroatoms. The summed E-state index contributed by atoms with van der Waals surface area (Å²) in [4.78, 5) is 14.4. The van der Waals surface area contributed by atoms with E-state index in [9.17, 15) is 9.18 Å². The highest BCUT2D eigenvalue weighted by molar-refractivity contribution is 5.94. The number of nitrogens with zero attached hydrogens (tertiary/aromatic N) is 2. The predicted molar refractivity (Wildman–Crippen MR) is 86.9 cm³/mol. The first-order chi connectivity index (χ1) is 11.6. The maximum absolute atomic E-state index is 13.4. The highest BCUT2D eigenvalue weighted by atomic mass is 19.1. The van der Waals surface area contributed by atoms with E-state index in [0.29, 0.717) is 36.4 Å². The number of halogens is 1. The van der Waals surface area contributed by atoms with Crippen molar-refractivity contribution in [1.29, 1.82) is 5.26 Å². The molecule has 0 spiro atoms. The van der Waals surface area contributed by atoms with Crippen LogP contribution in [0.2, 0.25) is 0 Å². The molecule has 0 radical (unpaired) electrons. The molecule has 1 aliphatic rings. The zero-order chi connectivity index (χ0) is 17.1. The largest absolute Gasteiger partial charge is 0.370 e. The molecule has 122 valence electrons. The highest BCUT2D eigenvalue weighted by Crippen LogP contribution is 2.25. The van der Waals surface area contributed by atoms with E-state index in [1.807, 2.05) is 6.07 Å². The van der Waals surface area contributed by atoms with Crippen LogP contribution in [0, 0.1) is 24.1 Å². The quantitative estimate of drug-likeness (QED) is 0.852. The number of nitriles is 1. The minimum absolute atomic E-state index is 0.126. The Bertz CT molecular complexity index is 813. The van der Waals surface area contributed by atoms with Crippen molar-refractivity contribution in [2.45, 2.75) is 13.0 Å². The number of hydrogen-bond acceptors (Lipinski definition) is 3. The Hall–Kier alpha value is -2.71. The van der Waals surface area contributed by atoms with E-state index < -0.39 is 0 Å². The first-order valence-corrected chi connectivity index (χ1v) is 7.75. The van der Waals surface area contributed by atoms with Gasteiger partial charge in [0.15, 0.2) is 0 Å². The molecule has 1 saturated heterocycles. The van der Waals surface area contributed by atoms with Gasteiger partial charge in [-0.3, -0.25) is 4.79 Å². The third-order valence-electron chi connectivity index (χ3n) is 4.15. The van der Waals surface area contributed by atoms with E-state index in [1.165, 1.54) is 6.07 Å². The maximum Gasteiger partial charge on any atom is 0.254 e. The summed E-state index contributed by atoms with van der Waals surface area (Å²) in [6, 6.07) is 13.6. The number of ether oxygens (including phenoxy) is 1. The fraction of sp³-hybridized carbons (Fsp3) is 0.263. The molecule has 2 aromatic rings. The summed E-state index contributed by atoms with van der Waals surface area (Å²) in [5.74, 6) is -0.380. The smallest absolute Gasteiger partial charge is 0.254 e. The van der Waals surface area contributed by atoms with E-state index in [-0.39, 0.29) is 17.8 Å². The molecule has 1 heterocycles. The molecule has 1 fully saturated rings. The first-order valence-electron chi connectivity index (χ1n) is 7.75. The lowest BCUT2D eigenvalue weighted by Gasteiger charge is -2.33. The highest BCUT2D eigenvalue weighted by Gasteiger charge is 2.26. The number of rotatable bonds is 2. The molecule has 0 aliphatic carbocycles. The van der Waals surface area contributed by atoms with Crippen LogP contribution in [0.15, 0.2) is 42.5 Å². The fourth-order valence-corrected chi connectivity index (χ4v) is 2.81. The fourth-order valence-electron chi connectivity index (χ4n) is 2.81. The van der Waals surface area contributed by atoms with E-state index in [1.54, 1.807) is 48.2 Å². The second-order valence-corrected chi connectivity index (χ2v) is 5.81. The van der Waals surface area contributed by atoms with Crippen molar-refractivity contribution in [1.82, 2.24) is 4.90 Å². The van der Waals surface area contributed by atoms with Gasteiger partial charge in [0.05, 0.1) is 24.8 Å². The van der Waals surface area contributed by atoms with E-state index in [4.69, 9.17) is 10.00 Å². The van der Waals surface area contributed by atoms with E-state index >= 15 is 0 Å². The van der Waals surface area contributed by atoms with Gasteiger partial charge < -0.3 is 9.64 Å². The van der Waals surface area contributed by atoms with Gasteiger partial charge in [0.1, 0.15) is 11.9 Å². The van der Waals surface area contributed by atoms with Crippen LogP contribution < -0.4 is 0 Å². The summed E-state index contributed by atoms with van der Waals surface area (Å²) in [5, 5.41) is 8.97. The van der Waals surface area contributed by atoms with Gasteiger partial charge >= 0.3 is 0 Å². The van der Waals surface area contributed by atoms with E-state index in [0.717, 1.165) is 5.56 Å². The Labute approximate surface area is 140 Å². The number of carbonyl (C=O) groups excluding carboxylic acids is 1. The Morgan fingerprint density at radius 2 is 2.17 bits per heavy atom. The number of carbonyl (C=O) groups is 1. The summed E-state index contributed by atoms with van der Waals surface area (Å²) in [5.41, 5.74) is 2.36. The van der Waals surface area contributed by atoms with Gasteiger partial charge in [-0.25, -0.2) is 4.39 Å². The van der Waals surface area contributed by atoms with Crippen LogP contribution in [0.4, 0.5) is 4.39 Å². The molecule has 1 unspecified atom stereocenters. The Morgan fingerprint density at radius 1 is 1.33 bits per heavy atom. The molecule has 0 bridgehead atoms. The molecular weight excluding hydrogens is 307 g/mol. The number of aryl methyl sites for hydroxylation is 1. The summed E-state index contributed by atoms with van der Waals surface area (Å²) in [6.45, 7) is 3.02. The lowest BCUT2D eigenvalue weighted by molar-refractivity contribution is -0.0228. The summed E-state index contributed by atoms with van der Waals surface area (Å²) < 4.78 is 19.2. The summed E-state index contributed by atoms with van der Waals surface area (Å²) >= 11 is 0. The minimum Gasteiger partial charge on any atom is -0.370 e. The average Bonchev–Trinajstić information content (AvgIpc) is 2.63. The Kier molecular flexibility index (Phi) is 4.59. The van der Waals surface area contributed by atoms with Gasteiger partial charge in [-0.1, -0.05) is 18.2 Å². The molecule has 4 nitrogen and oxygen atoms in total. The van der Waals surface area contributed by atoms with Crippen molar-refractivity contribution in [3.05, 3.63) is 70.5 Å². The van der Waals surface area contributed by atoms with Crippen LogP contribution in [0.3, 0.4) is 0 Å². The van der Waals surface area contributed by atoms with Crippen molar-refractivity contribution in [2.75, 3.05) is 19.7 Å². The standard InChI is InChI=1S/C19H17FN2O2/c1-13-9-15(5-6-17(13)20)18-12-22(7-8-24-18)19(23)16-4-2-3-14(10-16)11-21/h2-6,9-10,18H,7-8,12H2,1H3. The molecule has 0 N–H and O–H groups in total. The minimum atomic E-state index is -0.277. The predicted octanol–water partition coefficient (Wildman–Crippen LogP) is 3.22. The third-order valence-corrected chi connectivity index (χ3v) is 4.15. The summed E-state index contributed by atoms with van der Waals surface area (Å²) in [7, 11) is 0. The van der Waals surface area contributed by atoms with Crippen LogP contribution in [-0.2, 0) is 4.74 Å². The number of benzene rings is 2. The van der Waals surface area contributed by atoms with Crippen LogP contribution in [0.5, 0.6) is 0 Å². The Morgan fingerprint density at radius 3 is 2.92 bits per heavy atom. The number of hydrogen-bond donors (Lipinski definition) is 0. The van der Waals surface area contributed by atoms with Gasteiger partial charge in [0, 0.05) is 12.1 Å². The van der Waals surface area contributed by atoms with Gasteiger partial charge in [0.25, 0.3) is 5.91 Å². The second kappa shape index (κ2) is 6.81. The molecule has 1 atom stereocenters. The second-order valence-electron chi connectivity index (χ2n) is 5.81. The molecule has 24 heavy (non-hydrogen) atoms. The van der Waals surface area contributed by atoms with Gasteiger partial charge in [-0.15, -0.1) is 0 Å². The average molecular weight is 324 g/mol. The molecule has 2 aromatic carbocycles. The molecule has 0 saturated carbocycles. The van der Waals surface area contributed by atoms with Crippen LogP contribution >= 0.6 is 0 Å². The van der Waals surface area contributed by atoms with Crippen LogP contribution in [0.25, 0.3) is 0 Å². The van der Waals surface area contributed by atoms with Crippen molar-refractivity contribution in [2.24, 2.45) is 0 Å². The van der Waals surface area contributed by atoms with Gasteiger partial charge in [-0.2, -0.15) is 5.26 Å². The van der Waals surface area contributed by atoms with Crippen molar-refractivity contribution < 1.29 is 13.9 Å². The van der Waals surface area contributed by atoms with Crippen molar-refractivity contribution in [3.8, 4) is 6.07 Å². The number of morpholine rings is 1. The Balaban J connectivity index is 1.78.